The summed E-state index contributed by atoms with van der Waals surface area (Å²) in [5, 5.41) is 2.44. The molecular weight excluding hydrogens is 218 g/mol. The molecule has 0 aromatic heterocycles. The van der Waals surface area contributed by atoms with Crippen molar-refractivity contribution in [3.63, 3.8) is 0 Å². The Labute approximate surface area is 101 Å². The standard InChI is InChI=1S/C12H15N3S/c13-12(16)14-15-7-9-5-1-3-8-4-2-6-10(15)11(8)9/h2,4,6,9H,1,3,5,7H2,(H3,13,14,16). The van der Waals surface area contributed by atoms with E-state index in [-0.39, 0.29) is 0 Å². The molecule has 0 fully saturated rings. The molecule has 0 saturated heterocycles. The van der Waals surface area contributed by atoms with Gasteiger partial charge in [-0.1, -0.05) is 12.1 Å². The summed E-state index contributed by atoms with van der Waals surface area (Å²) < 4.78 is 0. The van der Waals surface area contributed by atoms with Crippen LogP contribution in [0, 0.1) is 0 Å². The average molecular weight is 233 g/mol. The average Bonchev–Trinajstić information content (AvgIpc) is 2.59. The molecule has 1 aliphatic carbocycles. The highest BCUT2D eigenvalue weighted by Gasteiger charge is 2.32. The summed E-state index contributed by atoms with van der Waals surface area (Å²) in [5.41, 5.74) is 12.9. The predicted molar refractivity (Wildman–Crippen MR) is 69.4 cm³/mol. The molecule has 0 spiro atoms. The van der Waals surface area contributed by atoms with Gasteiger partial charge in [0.2, 0.25) is 0 Å². The Bertz CT molecular complexity index is 444. The number of nitrogens with zero attached hydrogens (tertiary/aromatic N) is 1. The molecule has 84 valence electrons. The Morgan fingerprint density at radius 1 is 1.50 bits per heavy atom. The fraction of sp³-hybridized carbons (Fsp3) is 0.417. The molecule has 0 amide bonds. The van der Waals surface area contributed by atoms with Crippen molar-refractivity contribution in [2.75, 3.05) is 11.6 Å². The minimum atomic E-state index is 0.344. The number of hydrogen-bond acceptors (Lipinski definition) is 2. The molecule has 3 nitrogen and oxygen atoms in total. The lowest BCUT2D eigenvalue weighted by Gasteiger charge is -2.20. The Kier molecular flexibility index (Phi) is 2.24. The highest BCUT2D eigenvalue weighted by molar-refractivity contribution is 7.80. The van der Waals surface area contributed by atoms with Gasteiger partial charge in [-0.2, -0.15) is 0 Å². The zero-order chi connectivity index (χ0) is 11.1. The van der Waals surface area contributed by atoms with Gasteiger partial charge >= 0.3 is 0 Å². The number of nitrogens with two attached hydrogens (primary N) is 1. The van der Waals surface area contributed by atoms with E-state index in [0.29, 0.717) is 11.0 Å². The van der Waals surface area contributed by atoms with E-state index in [9.17, 15) is 0 Å². The third-order valence-electron chi connectivity index (χ3n) is 3.52. The molecule has 1 aromatic rings. The summed E-state index contributed by atoms with van der Waals surface area (Å²) in [6.07, 6.45) is 3.78. The van der Waals surface area contributed by atoms with Crippen LogP contribution in [0.25, 0.3) is 0 Å². The number of anilines is 1. The van der Waals surface area contributed by atoms with Crippen LogP contribution in [0.15, 0.2) is 18.2 Å². The van der Waals surface area contributed by atoms with Crippen molar-refractivity contribution < 1.29 is 0 Å². The predicted octanol–water partition coefficient (Wildman–Crippen LogP) is 1.67. The van der Waals surface area contributed by atoms with Gasteiger partial charge in [0.1, 0.15) is 0 Å². The van der Waals surface area contributed by atoms with Crippen molar-refractivity contribution in [1.29, 1.82) is 0 Å². The van der Waals surface area contributed by atoms with Gasteiger partial charge in [-0.05, 0) is 48.7 Å². The first kappa shape index (κ1) is 9.90. The van der Waals surface area contributed by atoms with Crippen molar-refractivity contribution in [3.05, 3.63) is 29.3 Å². The third kappa shape index (κ3) is 1.45. The van der Waals surface area contributed by atoms with E-state index in [1.165, 1.54) is 36.1 Å². The second kappa shape index (κ2) is 3.63. The fourth-order valence-electron chi connectivity index (χ4n) is 2.95. The van der Waals surface area contributed by atoms with Gasteiger partial charge in [0, 0.05) is 12.5 Å². The van der Waals surface area contributed by atoms with Crippen molar-refractivity contribution in [1.82, 2.24) is 5.43 Å². The summed E-state index contributed by atoms with van der Waals surface area (Å²) in [7, 11) is 0. The molecule has 1 unspecified atom stereocenters. The van der Waals surface area contributed by atoms with E-state index in [1.807, 2.05) is 0 Å². The van der Waals surface area contributed by atoms with E-state index in [0.717, 1.165) is 6.54 Å². The molecule has 1 atom stereocenters. The Morgan fingerprint density at radius 2 is 2.38 bits per heavy atom. The maximum atomic E-state index is 5.55. The van der Waals surface area contributed by atoms with Crippen LogP contribution in [0.3, 0.4) is 0 Å². The molecule has 3 rings (SSSR count). The Balaban J connectivity index is 2.02. The van der Waals surface area contributed by atoms with Crippen LogP contribution in [0.4, 0.5) is 5.69 Å². The smallest absolute Gasteiger partial charge is 0.182 e. The number of hydrazine groups is 1. The van der Waals surface area contributed by atoms with Crippen LogP contribution in [0.1, 0.15) is 29.9 Å². The van der Waals surface area contributed by atoms with Crippen LogP contribution in [0.5, 0.6) is 0 Å². The number of thiocarbonyl (C=S) groups is 1. The maximum absolute atomic E-state index is 5.55. The van der Waals surface area contributed by atoms with E-state index in [2.05, 4.69) is 28.6 Å². The molecule has 2 aliphatic rings. The van der Waals surface area contributed by atoms with Gasteiger partial charge in [0.25, 0.3) is 0 Å². The lowest BCUT2D eigenvalue weighted by Crippen LogP contribution is -2.44. The van der Waals surface area contributed by atoms with Crippen molar-refractivity contribution in [2.45, 2.75) is 25.2 Å². The summed E-state index contributed by atoms with van der Waals surface area (Å²) in [4.78, 5) is 0. The van der Waals surface area contributed by atoms with Gasteiger partial charge in [-0.15, -0.1) is 0 Å². The fourth-order valence-corrected chi connectivity index (χ4v) is 3.06. The Morgan fingerprint density at radius 3 is 3.19 bits per heavy atom. The van der Waals surface area contributed by atoms with E-state index in [1.54, 1.807) is 0 Å². The summed E-state index contributed by atoms with van der Waals surface area (Å²) in [6.45, 7) is 0.990. The van der Waals surface area contributed by atoms with E-state index >= 15 is 0 Å². The monoisotopic (exact) mass is 233 g/mol. The minimum Gasteiger partial charge on any atom is -0.375 e. The molecular formula is C12H15N3S. The number of aryl methyl sites for hydroxylation is 1. The number of benzene rings is 1. The van der Waals surface area contributed by atoms with Gasteiger partial charge < -0.3 is 5.73 Å². The van der Waals surface area contributed by atoms with Gasteiger partial charge in [0.15, 0.2) is 5.11 Å². The van der Waals surface area contributed by atoms with Crippen LogP contribution < -0.4 is 16.2 Å². The van der Waals surface area contributed by atoms with Crippen LogP contribution in [0.2, 0.25) is 0 Å². The molecule has 0 saturated carbocycles. The number of nitrogens with one attached hydrogen (secondary N) is 1. The second-order valence-corrected chi connectivity index (χ2v) is 4.97. The lowest BCUT2D eigenvalue weighted by atomic mass is 9.84. The number of rotatable bonds is 1. The molecule has 3 N–H and O–H groups in total. The summed E-state index contributed by atoms with van der Waals surface area (Å²) in [5.74, 6) is 0.654. The maximum Gasteiger partial charge on any atom is 0.182 e. The molecule has 1 aromatic carbocycles. The first-order chi connectivity index (χ1) is 7.75. The molecule has 0 bridgehead atoms. The zero-order valence-corrected chi connectivity index (χ0v) is 9.89. The highest BCUT2D eigenvalue weighted by Crippen LogP contribution is 2.43. The number of hydrogen-bond donors (Lipinski definition) is 2. The lowest BCUT2D eigenvalue weighted by molar-refractivity contribution is 0.568. The van der Waals surface area contributed by atoms with Crippen LogP contribution in [-0.2, 0) is 6.42 Å². The first-order valence-corrected chi connectivity index (χ1v) is 6.12. The second-order valence-electron chi connectivity index (χ2n) is 4.53. The van der Waals surface area contributed by atoms with Gasteiger partial charge in [0.05, 0.1) is 5.69 Å². The molecule has 1 heterocycles. The van der Waals surface area contributed by atoms with Crippen molar-refractivity contribution in [3.8, 4) is 0 Å². The molecule has 0 radical (unpaired) electrons. The van der Waals surface area contributed by atoms with Crippen LogP contribution in [-0.4, -0.2) is 11.7 Å². The normalized spacial score (nSPS) is 21.8. The van der Waals surface area contributed by atoms with E-state index in [4.69, 9.17) is 18.0 Å². The van der Waals surface area contributed by atoms with Gasteiger partial charge in [-0.25, -0.2) is 0 Å². The third-order valence-corrected chi connectivity index (χ3v) is 3.61. The molecule has 16 heavy (non-hydrogen) atoms. The van der Waals surface area contributed by atoms with Gasteiger partial charge in [-0.3, -0.25) is 10.4 Å². The van der Waals surface area contributed by atoms with E-state index < -0.39 is 0 Å². The topological polar surface area (TPSA) is 41.3 Å². The summed E-state index contributed by atoms with van der Waals surface area (Å²) >= 11 is 4.91. The molecule has 4 heteroatoms. The van der Waals surface area contributed by atoms with Crippen molar-refractivity contribution in [2.24, 2.45) is 5.73 Å². The summed E-state index contributed by atoms with van der Waals surface area (Å²) in [6, 6.07) is 6.51. The SMILES string of the molecule is NC(=S)NN1CC2CCCc3cccc1c32. The quantitative estimate of drug-likeness (QED) is 0.724. The van der Waals surface area contributed by atoms with Crippen LogP contribution >= 0.6 is 12.2 Å². The highest BCUT2D eigenvalue weighted by atomic mass is 32.1. The molecule has 1 aliphatic heterocycles. The zero-order valence-electron chi connectivity index (χ0n) is 9.07. The largest absolute Gasteiger partial charge is 0.375 e. The van der Waals surface area contributed by atoms with Crippen molar-refractivity contribution >= 4 is 23.0 Å². The minimum absolute atomic E-state index is 0.344. The Hall–Kier alpha value is -1.29. The first-order valence-electron chi connectivity index (χ1n) is 5.71.